The molecule has 0 aromatic carbocycles. The zero-order valence-electron chi connectivity index (χ0n) is 12.2. The van der Waals surface area contributed by atoms with Gasteiger partial charge in [-0.1, -0.05) is 13.8 Å². The van der Waals surface area contributed by atoms with Crippen molar-refractivity contribution in [3.8, 4) is 0 Å². The lowest BCUT2D eigenvalue weighted by Gasteiger charge is -2.16. The number of aryl methyl sites for hydroxylation is 1. The fourth-order valence-electron chi connectivity index (χ4n) is 1.82. The highest BCUT2D eigenvalue weighted by Crippen LogP contribution is 2.14. The van der Waals surface area contributed by atoms with Gasteiger partial charge in [0.2, 0.25) is 0 Å². The molecule has 0 atom stereocenters. The summed E-state index contributed by atoms with van der Waals surface area (Å²) in [6.07, 6.45) is 2.53. The van der Waals surface area contributed by atoms with E-state index < -0.39 is 0 Å². The molecule has 4 heteroatoms. The van der Waals surface area contributed by atoms with Crippen molar-refractivity contribution >= 4 is 11.3 Å². The largest absolute Gasteiger partial charge is 0.316 e. The minimum Gasteiger partial charge on any atom is -0.316 e. The summed E-state index contributed by atoms with van der Waals surface area (Å²) in [5, 5.41) is 3.49. The van der Waals surface area contributed by atoms with Crippen molar-refractivity contribution in [1.29, 1.82) is 0 Å². The van der Waals surface area contributed by atoms with Gasteiger partial charge in [-0.25, -0.2) is 4.98 Å². The molecule has 1 aromatic heterocycles. The van der Waals surface area contributed by atoms with Gasteiger partial charge in [-0.2, -0.15) is 0 Å². The van der Waals surface area contributed by atoms with Gasteiger partial charge in [-0.05, 0) is 52.4 Å². The Labute approximate surface area is 116 Å². The summed E-state index contributed by atoms with van der Waals surface area (Å²) in [6, 6.07) is 0. The standard InChI is InChI=1S/C14H27N3S/c1-12(2)9-15-7-5-6-8-17(4)10-14-13(3)16-11-18-14/h11-12,15H,5-10H2,1-4H3. The SMILES string of the molecule is Cc1ncsc1CN(C)CCCCNCC(C)C. The topological polar surface area (TPSA) is 28.2 Å². The first kappa shape index (κ1) is 15.6. The van der Waals surface area contributed by atoms with Gasteiger partial charge >= 0.3 is 0 Å². The van der Waals surface area contributed by atoms with Gasteiger partial charge in [0.15, 0.2) is 0 Å². The zero-order valence-corrected chi connectivity index (χ0v) is 13.0. The van der Waals surface area contributed by atoms with Crippen molar-refractivity contribution < 1.29 is 0 Å². The Morgan fingerprint density at radius 2 is 2.17 bits per heavy atom. The van der Waals surface area contributed by atoms with Crippen LogP contribution >= 0.6 is 11.3 Å². The number of hydrogen-bond acceptors (Lipinski definition) is 4. The van der Waals surface area contributed by atoms with Gasteiger partial charge in [-0.15, -0.1) is 11.3 Å². The van der Waals surface area contributed by atoms with Gasteiger partial charge in [-0.3, -0.25) is 0 Å². The molecular weight excluding hydrogens is 242 g/mol. The van der Waals surface area contributed by atoms with E-state index in [-0.39, 0.29) is 0 Å². The molecule has 0 saturated carbocycles. The van der Waals surface area contributed by atoms with Crippen LogP contribution in [0.25, 0.3) is 0 Å². The van der Waals surface area contributed by atoms with Crippen molar-refractivity contribution in [2.75, 3.05) is 26.7 Å². The molecule has 104 valence electrons. The van der Waals surface area contributed by atoms with E-state index in [4.69, 9.17) is 0 Å². The van der Waals surface area contributed by atoms with E-state index >= 15 is 0 Å². The molecule has 1 N–H and O–H groups in total. The van der Waals surface area contributed by atoms with Crippen LogP contribution in [0.15, 0.2) is 5.51 Å². The first-order valence-corrected chi connectivity index (χ1v) is 7.75. The van der Waals surface area contributed by atoms with E-state index in [9.17, 15) is 0 Å². The second-order valence-electron chi connectivity index (χ2n) is 5.40. The number of rotatable bonds is 9. The molecule has 0 aliphatic heterocycles. The normalized spacial score (nSPS) is 11.7. The Hall–Kier alpha value is -0.450. The fraction of sp³-hybridized carbons (Fsp3) is 0.786. The van der Waals surface area contributed by atoms with Crippen molar-refractivity contribution in [2.24, 2.45) is 5.92 Å². The number of nitrogens with one attached hydrogen (secondary N) is 1. The van der Waals surface area contributed by atoms with Gasteiger partial charge in [0, 0.05) is 11.4 Å². The average molecular weight is 269 g/mol. The maximum absolute atomic E-state index is 4.29. The summed E-state index contributed by atoms with van der Waals surface area (Å²) in [5.41, 5.74) is 3.12. The minimum absolute atomic E-state index is 0.752. The zero-order chi connectivity index (χ0) is 13.4. The Morgan fingerprint density at radius 3 is 2.78 bits per heavy atom. The number of unbranched alkanes of at least 4 members (excludes halogenated alkanes) is 1. The third-order valence-electron chi connectivity index (χ3n) is 2.95. The first-order chi connectivity index (χ1) is 8.59. The number of thiazole rings is 1. The van der Waals surface area contributed by atoms with Crippen molar-refractivity contribution in [3.63, 3.8) is 0 Å². The highest BCUT2D eigenvalue weighted by Gasteiger charge is 2.05. The van der Waals surface area contributed by atoms with Crippen LogP contribution in [-0.4, -0.2) is 36.6 Å². The molecule has 0 aliphatic rings. The molecule has 0 radical (unpaired) electrons. The van der Waals surface area contributed by atoms with E-state index in [1.165, 1.54) is 30.0 Å². The molecule has 0 aliphatic carbocycles. The maximum Gasteiger partial charge on any atom is 0.0798 e. The lowest BCUT2D eigenvalue weighted by Crippen LogP contribution is -2.23. The Morgan fingerprint density at radius 1 is 1.39 bits per heavy atom. The summed E-state index contributed by atoms with van der Waals surface area (Å²) in [4.78, 5) is 8.08. The number of aromatic nitrogens is 1. The van der Waals surface area contributed by atoms with Crippen molar-refractivity contribution in [3.05, 3.63) is 16.1 Å². The number of nitrogens with zero attached hydrogens (tertiary/aromatic N) is 2. The van der Waals surface area contributed by atoms with E-state index in [0.29, 0.717) is 0 Å². The molecule has 1 aromatic rings. The van der Waals surface area contributed by atoms with Crippen LogP contribution in [0.4, 0.5) is 0 Å². The lowest BCUT2D eigenvalue weighted by atomic mass is 10.2. The van der Waals surface area contributed by atoms with Crippen LogP contribution in [-0.2, 0) is 6.54 Å². The monoisotopic (exact) mass is 269 g/mol. The molecule has 0 fully saturated rings. The lowest BCUT2D eigenvalue weighted by molar-refractivity contribution is 0.319. The molecule has 18 heavy (non-hydrogen) atoms. The first-order valence-electron chi connectivity index (χ1n) is 6.87. The van der Waals surface area contributed by atoms with Gasteiger partial charge < -0.3 is 10.2 Å². The summed E-state index contributed by atoms with van der Waals surface area (Å²) < 4.78 is 0. The summed E-state index contributed by atoms with van der Waals surface area (Å²) >= 11 is 1.76. The molecule has 1 rings (SSSR count). The van der Waals surface area contributed by atoms with Crippen LogP contribution in [0.2, 0.25) is 0 Å². The Bertz CT molecular complexity index is 323. The molecule has 1 heterocycles. The predicted molar refractivity (Wildman–Crippen MR) is 80.1 cm³/mol. The molecular formula is C14H27N3S. The average Bonchev–Trinajstić information content (AvgIpc) is 2.69. The molecule has 3 nitrogen and oxygen atoms in total. The summed E-state index contributed by atoms with van der Waals surface area (Å²) in [6.45, 7) is 11.1. The van der Waals surface area contributed by atoms with Crippen LogP contribution < -0.4 is 5.32 Å². The smallest absolute Gasteiger partial charge is 0.0798 e. The van der Waals surface area contributed by atoms with E-state index in [0.717, 1.165) is 25.6 Å². The highest BCUT2D eigenvalue weighted by atomic mass is 32.1. The third kappa shape index (κ3) is 6.47. The Kier molecular flexibility index (Phi) is 7.47. The van der Waals surface area contributed by atoms with Gasteiger partial charge in [0.05, 0.1) is 11.2 Å². The van der Waals surface area contributed by atoms with Crippen LogP contribution in [0.1, 0.15) is 37.3 Å². The predicted octanol–water partition coefficient (Wildman–Crippen LogP) is 2.91. The maximum atomic E-state index is 4.29. The van der Waals surface area contributed by atoms with E-state index in [2.05, 4.69) is 43.0 Å². The van der Waals surface area contributed by atoms with Crippen LogP contribution in [0.5, 0.6) is 0 Å². The molecule has 0 spiro atoms. The van der Waals surface area contributed by atoms with E-state index in [1.807, 2.05) is 5.51 Å². The van der Waals surface area contributed by atoms with Gasteiger partial charge in [0.25, 0.3) is 0 Å². The number of hydrogen-bond donors (Lipinski definition) is 1. The quantitative estimate of drug-likeness (QED) is 0.699. The van der Waals surface area contributed by atoms with Crippen molar-refractivity contribution in [2.45, 2.75) is 40.2 Å². The van der Waals surface area contributed by atoms with Crippen molar-refractivity contribution in [1.82, 2.24) is 15.2 Å². The minimum atomic E-state index is 0.752. The molecule has 0 unspecified atom stereocenters. The fourth-order valence-corrected chi connectivity index (χ4v) is 2.68. The summed E-state index contributed by atoms with van der Waals surface area (Å²) in [7, 11) is 2.20. The van der Waals surface area contributed by atoms with E-state index in [1.54, 1.807) is 11.3 Å². The second kappa shape index (κ2) is 8.62. The highest BCUT2D eigenvalue weighted by molar-refractivity contribution is 7.09. The Balaban J connectivity index is 2.04. The summed E-state index contributed by atoms with van der Waals surface area (Å²) in [5.74, 6) is 0.752. The van der Waals surface area contributed by atoms with Gasteiger partial charge in [0.1, 0.15) is 0 Å². The second-order valence-corrected chi connectivity index (χ2v) is 6.34. The third-order valence-corrected chi connectivity index (χ3v) is 3.87. The molecule has 0 bridgehead atoms. The molecule has 0 amide bonds. The van der Waals surface area contributed by atoms with Crippen LogP contribution in [0, 0.1) is 12.8 Å². The molecule has 0 saturated heterocycles. The van der Waals surface area contributed by atoms with Crippen LogP contribution in [0.3, 0.4) is 0 Å².